The lowest BCUT2D eigenvalue weighted by atomic mass is 10.2. The summed E-state index contributed by atoms with van der Waals surface area (Å²) in [6.45, 7) is 7.83. The Morgan fingerprint density at radius 3 is 1.03 bits per heavy atom. The van der Waals surface area contributed by atoms with Crippen molar-refractivity contribution in [2.75, 3.05) is 0 Å². The van der Waals surface area contributed by atoms with Gasteiger partial charge in [-0.25, -0.2) is 0 Å². The first-order valence-corrected chi connectivity index (χ1v) is 11.5. The molecule has 0 radical (unpaired) electrons. The molecule has 4 rings (SSSR count). The highest BCUT2D eigenvalue weighted by atomic mass is 31.2. The maximum absolute atomic E-state index is 3.92. The van der Waals surface area contributed by atoms with Crippen LogP contribution in [0, 0.1) is 0 Å². The Balaban J connectivity index is 2.09. The first-order chi connectivity index (χ1) is 14.3. The van der Waals surface area contributed by atoms with Crippen molar-refractivity contribution in [3.05, 3.63) is 133 Å². The molecule has 140 valence electrons. The molecule has 4 aromatic rings. The Labute approximate surface area is 174 Å². The summed E-state index contributed by atoms with van der Waals surface area (Å²) >= 11 is 0. The Kier molecular flexibility index (Phi) is 5.56. The van der Waals surface area contributed by atoms with Crippen LogP contribution in [0.1, 0.15) is 11.1 Å². The lowest BCUT2D eigenvalue weighted by molar-refractivity contribution is 1.67. The molecular weight excluding hydrogens is 367 g/mol. The largest absolute Gasteiger partial charge is 0.144 e. The Hall–Kier alpha value is -3.21. The van der Waals surface area contributed by atoms with Crippen LogP contribution in [0.2, 0.25) is 0 Å². The van der Waals surface area contributed by atoms with Crippen LogP contribution in [0.25, 0.3) is 12.2 Å². The van der Waals surface area contributed by atoms with Gasteiger partial charge in [0.2, 0.25) is 0 Å². The highest BCUT2D eigenvalue weighted by Crippen LogP contribution is 2.54. The minimum Gasteiger partial charge on any atom is -0.0985 e. The lowest BCUT2D eigenvalue weighted by Crippen LogP contribution is -2.38. The first kappa shape index (κ1) is 19.1. The molecule has 0 saturated heterocycles. The van der Waals surface area contributed by atoms with Gasteiger partial charge >= 0.3 is 0 Å². The minimum absolute atomic E-state index is 1.13. The predicted octanol–water partition coefficient (Wildman–Crippen LogP) is 5.59. The SMILES string of the molecule is C=Cc1ccc([P+](c2ccccc2)(c2ccccc2)c2ccc(C=C)cc2)cc1. The maximum atomic E-state index is 3.92. The molecule has 0 aliphatic rings. The molecule has 0 nitrogen and oxygen atoms in total. The van der Waals surface area contributed by atoms with E-state index in [2.05, 4.69) is 122 Å². The van der Waals surface area contributed by atoms with E-state index in [1.165, 1.54) is 21.2 Å². The van der Waals surface area contributed by atoms with Crippen LogP contribution < -0.4 is 21.2 Å². The van der Waals surface area contributed by atoms with Crippen molar-refractivity contribution >= 4 is 40.6 Å². The molecule has 0 saturated carbocycles. The number of rotatable bonds is 6. The van der Waals surface area contributed by atoms with E-state index < -0.39 is 7.26 Å². The van der Waals surface area contributed by atoms with Crippen molar-refractivity contribution < 1.29 is 0 Å². The summed E-state index contributed by atoms with van der Waals surface area (Å²) in [6, 6.07) is 39.6. The van der Waals surface area contributed by atoms with Gasteiger partial charge in [-0.2, -0.15) is 0 Å². The third-order valence-electron chi connectivity index (χ3n) is 5.32. The second-order valence-electron chi connectivity index (χ2n) is 6.93. The molecule has 0 spiro atoms. The molecule has 0 N–H and O–H groups in total. The third-order valence-corrected chi connectivity index (χ3v) is 9.61. The van der Waals surface area contributed by atoms with Gasteiger partial charge in [0.15, 0.2) is 0 Å². The quantitative estimate of drug-likeness (QED) is 0.376. The van der Waals surface area contributed by atoms with Crippen LogP contribution >= 0.6 is 7.26 Å². The molecular formula is C28H24P+. The fourth-order valence-electron chi connectivity index (χ4n) is 3.87. The van der Waals surface area contributed by atoms with Crippen LogP contribution in [-0.2, 0) is 0 Å². The smallest absolute Gasteiger partial charge is 0.0985 e. The third kappa shape index (κ3) is 3.48. The van der Waals surface area contributed by atoms with Crippen molar-refractivity contribution in [1.29, 1.82) is 0 Å². The van der Waals surface area contributed by atoms with Crippen molar-refractivity contribution in [2.45, 2.75) is 0 Å². The van der Waals surface area contributed by atoms with E-state index >= 15 is 0 Å². The van der Waals surface area contributed by atoms with Crippen molar-refractivity contribution in [2.24, 2.45) is 0 Å². The van der Waals surface area contributed by atoms with Gasteiger partial charge in [0.1, 0.15) is 28.5 Å². The van der Waals surface area contributed by atoms with E-state index in [9.17, 15) is 0 Å². The molecule has 0 heterocycles. The van der Waals surface area contributed by atoms with E-state index in [1.807, 2.05) is 12.2 Å². The van der Waals surface area contributed by atoms with Crippen LogP contribution in [0.5, 0.6) is 0 Å². The van der Waals surface area contributed by atoms with Crippen LogP contribution in [0.4, 0.5) is 0 Å². The van der Waals surface area contributed by atoms with E-state index in [0.717, 1.165) is 11.1 Å². The number of benzene rings is 4. The van der Waals surface area contributed by atoms with E-state index in [1.54, 1.807) is 0 Å². The molecule has 0 aliphatic carbocycles. The summed E-state index contributed by atoms with van der Waals surface area (Å²) in [6.07, 6.45) is 3.79. The van der Waals surface area contributed by atoms with Gasteiger partial charge in [0, 0.05) is 0 Å². The van der Waals surface area contributed by atoms with Crippen molar-refractivity contribution in [3.8, 4) is 0 Å². The second-order valence-corrected chi connectivity index (χ2v) is 10.3. The lowest BCUT2D eigenvalue weighted by Gasteiger charge is -2.27. The van der Waals surface area contributed by atoms with Crippen molar-refractivity contribution in [3.63, 3.8) is 0 Å². The Morgan fingerprint density at radius 1 is 0.414 bits per heavy atom. The molecule has 4 aromatic carbocycles. The van der Waals surface area contributed by atoms with Gasteiger partial charge in [-0.15, -0.1) is 0 Å². The molecule has 0 fully saturated rings. The highest BCUT2D eigenvalue weighted by Gasteiger charge is 2.47. The Bertz CT molecular complexity index is 1000. The van der Waals surface area contributed by atoms with Gasteiger partial charge in [0.05, 0.1) is 0 Å². The Morgan fingerprint density at radius 2 is 0.724 bits per heavy atom. The molecule has 1 heteroatoms. The maximum Gasteiger partial charge on any atom is 0.144 e. The highest BCUT2D eigenvalue weighted by molar-refractivity contribution is 8.01. The fourth-order valence-corrected chi connectivity index (χ4v) is 8.09. The second kappa shape index (κ2) is 8.43. The molecule has 0 aromatic heterocycles. The molecule has 0 aliphatic heterocycles. The number of hydrogen-bond donors (Lipinski definition) is 0. The van der Waals surface area contributed by atoms with E-state index in [4.69, 9.17) is 0 Å². The standard InChI is InChI=1S/C28H24P/c1-3-23-15-19-27(20-16-23)29(25-11-7-5-8-12-25,26-13-9-6-10-14-26)28-21-17-24(4-2)18-22-28/h3-22H,1-2H2/q+1. The van der Waals surface area contributed by atoms with E-state index in [0.29, 0.717) is 0 Å². The van der Waals surface area contributed by atoms with Crippen LogP contribution in [-0.4, -0.2) is 0 Å². The molecule has 29 heavy (non-hydrogen) atoms. The monoisotopic (exact) mass is 391 g/mol. The average molecular weight is 391 g/mol. The minimum atomic E-state index is -2.03. The topological polar surface area (TPSA) is 0 Å². The summed E-state index contributed by atoms with van der Waals surface area (Å²) in [5, 5.41) is 5.38. The zero-order valence-electron chi connectivity index (χ0n) is 16.4. The van der Waals surface area contributed by atoms with Crippen molar-refractivity contribution in [1.82, 2.24) is 0 Å². The summed E-state index contributed by atoms with van der Waals surface area (Å²) in [4.78, 5) is 0. The molecule has 0 bridgehead atoms. The average Bonchev–Trinajstić information content (AvgIpc) is 2.82. The van der Waals surface area contributed by atoms with Gasteiger partial charge < -0.3 is 0 Å². The fraction of sp³-hybridized carbons (Fsp3) is 0. The van der Waals surface area contributed by atoms with Gasteiger partial charge in [-0.3, -0.25) is 0 Å². The van der Waals surface area contributed by atoms with E-state index in [-0.39, 0.29) is 0 Å². The first-order valence-electron chi connectivity index (χ1n) is 9.75. The van der Waals surface area contributed by atoms with Gasteiger partial charge in [-0.1, -0.05) is 86.0 Å². The summed E-state index contributed by atoms with van der Waals surface area (Å²) in [5.41, 5.74) is 2.27. The normalized spacial score (nSPS) is 11.0. The van der Waals surface area contributed by atoms with Crippen LogP contribution in [0.3, 0.4) is 0 Å². The summed E-state index contributed by atoms with van der Waals surface area (Å²) < 4.78 is 0. The molecule has 0 atom stereocenters. The van der Waals surface area contributed by atoms with Gasteiger partial charge in [0.25, 0.3) is 0 Å². The predicted molar refractivity (Wildman–Crippen MR) is 131 cm³/mol. The molecule has 0 unspecified atom stereocenters. The zero-order chi connectivity index (χ0) is 20.1. The summed E-state index contributed by atoms with van der Waals surface area (Å²) in [5.74, 6) is 0. The number of hydrogen-bond acceptors (Lipinski definition) is 0. The van der Waals surface area contributed by atoms with Gasteiger partial charge in [-0.05, 0) is 59.7 Å². The summed E-state index contributed by atoms with van der Waals surface area (Å²) in [7, 11) is -2.03. The zero-order valence-corrected chi connectivity index (χ0v) is 17.3. The van der Waals surface area contributed by atoms with Crippen LogP contribution in [0.15, 0.2) is 122 Å². The molecule has 0 amide bonds.